The zero-order valence-electron chi connectivity index (χ0n) is 20.7. The lowest BCUT2D eigenvalue weighted by Gasteiger charge is -2.15. The summed E-state index contributed by atoms with van der Waals surface area (Å²) in [6.07, 6.45) is 1.67. The van der Waals surface area contributed by atoms with E-state index in [1.165, 1.54) is 34.0 Å². The van der Waals surface area contributed by atoms with Crippen molar-refractivity contribution >= 4 is 29.1 Å². The van der Waals surface area contributed by atoms with Gasteiger partial charge in [0.2, 0.25) is 11.1 Å². The van der Waals surface area contributed by atoms with Crippen LogP contribution >= 0.6 is 11.8 Å². The molecular formula is C27H31N5OS. The van der Waals surface area contributed by atoms with Crippen LogP contribution in [-0.2, 0) is 17.6 Å². The minimum absolute atomic E-state index is 0.0726. The van der Waals surface area contributed by atoms with Crippen molar-refractivity contribution in [3.63, 3.8) is 0 Å². The van der Waals surface area contributed by atoms with Gasteiger partial charge in [0.15, 0.2) is 0 Å². The van der Waals surface area contributed by atoms with E-state index >= 15 is 0 Å². The second-order valence-corrected chi connectivity index (χ2v) is 9.71. The Morgan fingerprint density at radius 2 is 1.71 bits per heavy atom. The number of fused-ring (bicyclic) bond motifs is 1. The highest BCUT2D eigenvalue weighted by Crippen LogP contribution is 2.25. The van der Waals surface area contributed by atoms with E-state index < -0.39 is 0 Å². The van der Waals surface area contributed by atoms with Crippen molar-refractivity contribution in [2.75, 3.05) is 11.1 Å². The summed E-state index contributed by atoms with van der Waals surface area (Å²) < 4.78 is 1.80. The summed E-state index contributed by atoms with van der Waals surface area (Å²) in [7, 11) is 0. The van der Waals surface area contributed by atoms with Crippen LogP contribution in [0.1, 0.15) is 51.7 Å². The van der Waals surface area contributed by atoms with Crippen LogP contribution in [0.5, 0.6) is 0 Å². The number of aryl methyl sites for hydroxylation is 6. The van der Waals surface area contributed by atoms with E-state index in [2.05, 4.69) is 62.2 Å². The summed E-state index contributed by atoms with van der Waals surface area (Å²) in [5.74, 6) is 0.730. The number of carbonyl (C=O) groups is 1. The molecule has 2 aromatic heterocycles. The maximum absolute atomic E-state index is 12.5. The number of anilines is 1. The first kappa shape index (κ1) is 24.0. The predicted molar refractivity (Wildman–Crippen MR) is 139 cm³/mol. The molecule has 0 unspecified atom stereocenters. The molecule has 4 rings (SSSR count). The highest BCUT2D eigenvalue weighted by Gasteiger charge is 2.17. The zero-order chi connectivity index (χ0) is 24.4. The molecule has 0 spiro atoms. The zero-order valence-corrected chi connectivity index (χ0v) is 21.5. The number of hydrogen-bond donors (Lipinski definition) is 1. The Kier molecular flexibility index (Phi) is 7.03. The van der Waals surface area contributed by atoms with Crippen molar-refractivity contribution in [2.45, 2.75) is 59.5 Å². The predicted octanol–water partition coefficient (Wildman–Crippen LogP) is 5.55. The molecule has 0 radical (unpaired) electrons. The maximum atomic E-state index is 12.5. The van der Waals surface area contributed by atoms with Crippen LogP contribution in [0.25, 0.3) is 5.78 Å². The third-order valence-electron chi connectivity index (χ3n) is 6.23. The van der Waals surface area contributed by atoms with Gasteiger partial charge in [-0.2, -0.15) is 4.98 Å². The van der Waals surface area contributed by atoms with E-state index in [-0.39, 0.29) is 11.7 Å². The van der Waals surface area contributed by atoms with Crippen molar-refractivity contribution < 1.29 is 4.79 Å². The molecule has 1 amide bonds. The Morgan fingerprint density at radius 1 is 1.00 bits per heavy atom. The number of aromatic nitrogens is 4. The van der Waals surface area contributed by atoms with Gasteiger partial charge in [-0.05, 0) is 74.9 Å². The molecule has 2 aromatic carbocycles. The van der Waals surface area contributed by atoms with E-state index in [1.807, 2.05) is 31.2 Å². The number of benzene rings is 2. The SMILES string of the molecule is CCc1ccccc1NC(=O)CSc1nc2nc(C)c(Cc3c(C)cc(C)cc3C)c(C)n2n1. The van der Waals surface area contributed by atoms with Crippen LogP contribution in [0.2, 0.25) is 0 Å². The first-order valence-electron chi connectivity index (χ1n) is 11.6. The van der Waals surface area contributed by atoms with Gasteiger partial charge in [0, 0.05) is 23.5 Å². The summed E-state index contributed by atoms with van der Waals surface area (Å²) in [5.41, 5.74) is 10.3. The summed E-state index contributed by atoms with van der Waals surface area (Å²) in [4.78, 5) is 21.8. The minimum Gasteiger partial charge on any atom is -0.325 e. The fraction of sp³-hybridized carbons (Fsp3) is 0.333. The maximum Gasteiger partial charge on any atom is 0.253 e. The molecule has 176 valence electrons. The summed E-state index contributed by atoms with van der Waals surface area (Å²) >= 11 is 1.32. The van der Waals surface area contributed by atoms with Gasteiger partial charge < -0.3 is 5.32 Å². The molecule has 7 heteroatoms. The lowest BCUT2D eigenvalue weighted by molar-refractivity contribution is -0.113. The Morgan fingerprint density at radius 3 is 2.41 bits per heavy atom. The van der Waals surface area contributed by atoms with E-state index in [9.17, 15) is 4.79 Å². The molecule has 0 aliphatic rings. The third-order valence-corrected chi connectivity index (χ3v) is 7.07. The average molecular weight is 474 g/mol. The molecule has 2 heterocycles. The molecule has 1 N–H and O–H groups in total. The Hall–Kier alpha value is -3.19. The molecule has 4 aromatic rings. The second kappa shape index (κ2) is 9.97. The minimum atomic E-state index is -0.0726. The number of para-hydroxylation sites is 1. The Labute approximate surface area is 205 Å². The molecular weight excluding hydrogens is 442 g/mol. The highest BCUT2D eigenvalue weighted by molar-refractivity contribution is 7.99. The fourth-order valence-corrected chi connectivity index (χ4v) is 5.06. The second-order valence-electron chi connectivity index (χ2n) is 8.77. The van der Waals surface area contributed by atoms with Crippen LogP contribution in [0.4, 0.5) is 5.69 Å². The van der Waals surface area contributed by atoms with Gasteiger partial charge in [0.25, 0.3) is 5.78 Å². The van der Waals surface area contributed by atoms with Crippen LogP contribution in [-0.4, -0.2) is 31.2 Å². The molecule has 0 atom stereocenters. The Bertz CT molecular complexity index is 1350. The van der Waals surface area contributed by atoms with Gasteiger partial charge in [-0.3, -0.25) is 4.79 Å². The van der Waals surface area contributed by atoms with Crippen LogP contribution in [0.3, 0.4) is 0 Å². The van der Waals surface area contributed by atoms with Crippen molar-refractivity contribution in [3.05, 3.63) is 81.2 Å². The number of thioether (sulfide) groups is 1. The summed E-state index contributed by atoms with van der Waals surface area (Å²) in [6, 6.07) is 12.3. The first-order valence-corrected chi connectivity index (χ1v) is 12.6. The topological polar surface area (TPSA) is 72.2 Å². The van der Waals surface area contributed by atoms with Gasteiger partial charge in [-0.25, -0.2) is 9.50 Å². The summed E-state index contributed by atoms with van der Waals surface area (Å²) in [6.45, 7) is 12.6. The van der Waals surface area contributed by atoms with Gasteiger partial charge in [-0.15, -0.1) is 5.10 Å². The number of nitrogens with zero attached hydrogens (tertiary/aromatic N) is 4. The van der Waals surface area contributed by atoms with Crippen molar-refractivity contribution in [1.29, 1.82) is 0 Å². The Balaban J connectivity index is 1.53. The van der Waals surface area contributed by atoms with E-state index in [1.54, 1.807) is 4.52 Å². The number of rotatable bonds is 7. The van der Waals surface area contributed by atoms with E-state index in [0.717, 1.165) is 41.0 Å². The van der Waals surface area contributed by atoms with Crippen molar-refractivity contribution in [1.82, 2.24) is 19.6 Å². The molecule has 0 saturated heterocycles. The van der Waals surface area contributed by atoms with Gasteiger partial charge in [0.05, 0.1) is 5.75 Å². The van der Waals surface area contributed by atoms with Crippen LogP contribution in [0, 0.1) is 34.6 Å². The summed E-state index contributed by atoms with van der Waals surface area (Å²) in [5, 5.41) is 8.20. The lowest BCUT2D eigenvalue weighted by Crippen LogP contribution is -2.15. The number of hydrogen-bond acceptors (Lipinski definition) is 5. The van der Waals surface area contributed by atoms with Gasteiger partial charge >= 0.3 is 0 Å². The molecule has 0 aliphatic carbocycles. The molecule has 0 aliphatic heterocycles. The first-order chi connectivity index (χ1) is 16.3. The fourth-order valence-electron chi connectivity index (χ4n) is 4.44. The standard InChI is InChI=1S/C27H31N5OS/c1-7-21-10-8-9-11-24(21)29-25(33)15-34-27-30-26-28-19(5)23(20(6)32(26)31-27)14-22-17(3)12-16(2)13-18(22)4/h8-13H,7,14-15H2,1-6H3,(H,29,33). The third kappa shape index (κ3) is 4.99. The molecule has 6 nitrogen and oxygen atoms in total. The normalized spacial score (nSPS) is 11.2. The smallest absolute Gasteiger partial charge is 0.253 e. The van der Waals surface area contributed by atoms with Gasteiger partial charge in [0.1, 0.15) is 0 Å². The van der Waals surface area contributed by atoms with Crippen LogP contribution in [0.15, 0.2) is 41.6 Å². The molecule has 0 fully saturated rings. The molecule has 34 heavy (non-hydrogen) atoms. The average Bonchev–Trinajstić information content (AvgIpc) is 3.20. The van der Waals surface area contributed by atoms with Crippen LogP contribution < -0.4 is 5.32 Å². The van der Waals surface area contributed by atoms with E-state index in [4.69, 9.17) is 4.98 Å². The largest absolute Gasteiger partial charge is 0.325 e. The monoisotopic (exact) mass is 473 g/mol. The van der Waals surface area contributed by atoms with Crippen molar-refractivity contribution in [3.8, 4) is 0 Å². The number of amides is 1. The van der Waals surface area contributed by atoms with Crippen molar-refractivity contribution in [2.24, 2.45) is 0 Å². The lowest BCUT2D eigenvalue weighted by atomic mass is 9.93. The van der Waals surface area contributed by atoms with Gasteiger partial charge in [-0.1, -0.05) is 54.6 Å². The quantitative estimate of drug-likeness (QED) is 0.356. The molecule has 0 bridgehead atoms. The molecule has 0 saturated carbocycles. The number of carbonyl (C=O) groups excluding carboxylic acids is 1. The highest BCUT2D eigenvalue weighted by atomic mass is 32.2. The van der Waals surface area contributed by atoms with E-state index in [0.29, 0.717) is 10.9 Å². The number of nitrogens with one attached hydrogen (secondary N) is 1.